The van der Waals surface area contributed by atoms with E-state index in [0.29, 0.717) is 36.6 Å². The van der Waals surface area contributed by atoms with E-state index >= 15 is 0 Å². The van der Waals surface area contributed by atoms with Gasteiger partial charge in [0.25, 0.3) is 11.8 Å². The quantitative estimate of drug-likeness (QED) is 0.605. The Kier molecular flexibility index (Phi) is 6.55. The summed E-state index contributed by atoms with van der Waals surface area (Å²) in [4.78, 5) is 29.3. The molecule has 168 valence electrons. The number of aryl methyl sites for hydroxylation is 1. The third kappa shape index (κ3) is 4.83. The average Bonchev–Trinajstić information content (AvgIpc) is 3.49. The summed E-state index contributed by atoms with van der Waals surface area (Å²) >= 11 is 0. The van der Waals surface area contributed by atoms with E-state index < -0.39 is 0 Å². The van der Waals surface area contributed by atoms with Crippen molar-refractivity contribution in [2.45, 2.75) is 0 Å². The summed E-state index contributed by atoms with van der Waals surface area (Å²) in [5.74, 6) is 0.205. The first-order chi connectivity index (χ1) is 15.5. The maximum atomic E-state index is 12.8. The Balaban J connectivity index is 1.21. The van der Waals surface area contributed by atoms with Crippen LogP contribution in [0.4, 0.5) is 0 Å². The predicted octanol–water partition coefficient (Wildman–Crippen LogP) is 1.41. The highest BCUT2D eigenvalue weighted by Gasteiger charge is 2.26. The third-order valence-corrected chi connectivity index (χ3v) is 5.62. The monoisotopic (exact) mass is 436 g/mol. The Morgan fingerprint density at radius 1 is 1.06 bits per heavy atom. The second-order valence-corrected chi connectivity index (χ2v) is 7.75. The van der Waals surface area contributed by atoms with Crippen LogP contribution in [0.15, 0.2) is 55.0 Å². The summed E-state index contributed by atoms with van der Waals surface area (Å²) in [5, 5.41) is 7.14. The molecule has 3 heterocycles. The first-order valence-corrected chi connectivity index (χ1v) is 10.7. The number of methoxy groups -OCH3 is 1. The molecule has 9 nitrogen and oxygen atoms in total. The number of hydrogen-bond acceptors (Lipinski definition) is 5. The minimum atomic E-state index is -0.0819. The number of nitrogens with one attached hydrogen (secondary N) is 1. The summed E-state index contributed by atoms with van der Waals surface area (Å²) in [6.07, 6.45) is 5.62. The molecule has 0 spiro atoms. The lowest BCUT2D eigenvalue weighted by atomic mass is 10.2. The van der Waals surface area contributed by atoms with E-state index in [9.17, 15) is 9.59 Å². The largest absolute Gasteiger partial charge is 0.479 e. The molecule has 0 bridgehead atoms. The van der Waals surface area contributed by atoms with Crippen molar-refractivity contribution >= 4 is 11.8 Å². The first kappa shape index (κ1) is 21.6. The standard InChI is InChI=1S/C23H28N6O3/c1-26-17-20(22(25-26)32-2)23(31)29-15-13-27(14-16-29)12-9-24-21(30)18-5-7-19(8-6-18)28-10-3-4-11-28/h3-8,10-11,17H,9,12-16H2,1-2H3,(H,24,30). The minimum absolute atomic E-state index is 0.0636. The number of hydrogen-bond donors (Lipinski definition) is 1. The fourth-order valence-corrected chi connectivity index (χ4v) is 3.83. The van der Waals surface area contributed by atoms with Crippen molar-refractivity contribution in [3.63, 3.8) is 0 Å². The molecule has 1 aliphatic rings. The van der Waals surface area contributed by atoms with Crippen molar-refractivity contribution in [3.8, 4) is 11.6 Å². The second-order valence-electron chi connectivity index (χ2n) is 7.75. The molecule has 0 radical (unpaired) electrons. The van der Waals surface area contributed by atoms with Crippen molar-refractivity contribution in [2.24, 2.45) is 7.05 Å². The summed E-state index contributed by atoms with van der Waals surface area (Å²) in [6, 6.07) is 11.5. The normalized spacial score (nSPS) is 14.4. The van der Waals surface area contributed by atoms with E-state index in [1.165, 1.54) is 7.11 Å². The van der Waals surface area contributed by atoms with Gasteiger partial charge in [-0.3, -0.25) is 19.2 Å². The number of carbonyl (C=O) groups is 2. The highest BCUT2D eigenvalue weighted by Crippen LogP contribution is 2.18. The van der Waals surface area contributed by atoms with Gasteiger partial charge in [-0.2, -0.15) is 0 Å². The topological polar surface area (TPSA) is 84.6 Å². The molecule has 0 atom stereocenters. The van der Waals surface area contributed by atoms with Gasteiger partial charge in [0.1, 0.15) is 5.56 Å². The third-order valence-electron chi connectivity index (χ3n) is 5.62. The number of piperazine rings is 1. The Bertz CT molecular complexity index is 1050. The Labute approximate surface area is 187 Å². The van der Waals surface area contributed by atoms with Gasteiger partial charge in [0.2, 0.25) is 5.88 Å². The average molecular weight is 437 g/mol. The number of nitrogens with zero attached hydrogens (tertiary/aromatic N) is 5. The van der Waals surface area contributed by atoms with Crippen molar-refractivity contribution in [1.82, 2.24) is 29.5 Å². The van der Waals surface area contributed by atoms with Crippen LogP contribution in [0, 0.1) is 0 Å². The van der Waals surface area contributed by atoms with Crippen LogP contribution in [0.1, 0.15) is 20.7 Å². The Morgan fingerprint density at radius 2 is 1.75 bits per heavy atom. The lowest BCUT2D eigenvalue weighted by Crippen LogP contribution is -2.50. The lowest BCUT2D eigenvalue weighted by Gasteiger charge is -2.34. The van der Waals surface area contributed by atoms with Crippen molar-refractivity contribution in [3.05, 3.63) is 66.1 Å². The zero-order valence-electron chi connectivity index (χ0n) is 18.4. The van der Waals surface area contributed by atoms with E-state index in [1.54, 1.807) is 17.9 Å². The maximum absolute atomic E-state index is 12.8. The van der Waals surface area contributed by atoms with E-state index in [4.69, 9.17) is 4.74 Å². The number of aromatic nitrogens is 3. The molecule has 32 heavy (non-hydrogen) atoms. The maximum Gasteiger partial charge on any atom is 0.261 e. The molecule has 1 aliphatic heterocycles. The van der Waals surface area contributed by atoms with Crippen LogP contribution in [-0.4, -0.2) is 82.3 Å². The molecule has 0 unspecified atom stereocenters. The van der Waals surface area contributed by atoms with Crippen LogP contribution in [-0.2, 0) is 7.05 Å². The van der Waals surface area contributed by atoms with Gasteiger partial charge in [-0.25, -0.2) is 0 Å². The van der Waals surface area contributed by atoms with Crippen LogP contribution in [0.3, 0.4) is 0 Å². The predicted molar refractivity (Wildman–Crippen MR) is 120 cm³/mol. The van der Waals surface area contributed by atoms with E-state index in [2.05, 4.69) is 15.3 Å². The van der Waals surface area contributed by atoms with Gasteiger partial charge in [0.05, 0.1) is 7.11 Å². The SMILES string of the molecule is COc1nn(C)cc1C(=O)N1CCN(CCNC(=O)c2ccc(-n3cccc3)cc2)CC1. The minimum Gasteiger partial charge on any atom is -0.479 e. The highest BCUT2D eigenvalue weighted by molar-refractivity contribution is 5.96. The molecule has 9 heteroatoms. The molecule has 1 aromatic carbocycles. The first-order valence-electron chi connectivity index (χ1n) is 10.7. The summed E-state index contributed by atoms with van der Waals surface area (Å²) in [7, 11) is 3.28. The smallest absolute Gasteiger partial charge is 0.261 e. The molecule has 2 amide bonds. The summed E-state index contributed by atoms with van der Waals surface area (Å²) in [6.45, 7) is 4.08. The molecule has 2 aromatic heterocycles. The Morgan fingerprint density at radius 3 is 2.41 bits per heavy atom. The summed E-state index contributed by atoms with van der Waals surface area (Å²) < 4.78 is 8.78. The molecule has 3 aromatic rings. The zero-order valence-corrected chi connectivity index (χ0v) is 18.4. The van der Waals surface area contributed by atoms with Gasteiger partial charge in [-0.05, 0) is 36.4 Å². The van der Waals surface area contributed by atoms with Crippen LogP contribution in [0.5, 0.6) is 5.88 Å². The molecule has 0 aliphatic carbocycles. The number of ether oxygens (including phenoxy) is 1. The molecule has 0 saturated carbocycles. The van der Waals surface area contributed by atoms with Crippen molar-refractivity contribution in [2.75, 3.05) is 46.4 Å². The summed E-state index contributed by atoms with van der Waals surface area (Å²) in [5.41, 5.74) is 2.14. The van der Waals surface area contributed by atoms with Gasteiger partial charge in [-0.1, -0.05) is 0 Å². The van der Waals surface area contributed by atoms with E-state index in [1.807, 2.05) is 58.3 Å². The van der Waals surface area contributed by atoms with Crippen LogP contribution in [0.2, 0.25) is 0 Å². The lowest BCUT2D eigenvalue weighted by molar-refractivity contribution is 0.0635. The Hall–Kier alpha value is -3.59. The molecule has 1 saturated heterocycles. The number of benzene rings is 1. The van der Waals surface area contributed by atoms with Gasteiger partial charge in [-0.15, -0.1) is 5.10 Å². The number of amides is 2. The molecule has 1 N–H and O–H groups in total. The number of carbonyl (C=O) groups excluding carboxylic acids is 2. The fraction of sp³-hybridized carbons (Fsp3) is 0.348. The van der Waals surface area contributed by atoms with E-state index in [0.717, 1.165) is 25.3 Å². The zero-order chi connectivity index (χ0) is 22.5. The number of rotatable bonds is 7. The second kappa shape index (κ2) is 9.69. The highest BCUT2D eigenvalue weighted by atomic mass is 16.5. The van der Waals surface area contributed by atoms with Gasteiger partial charge >= 0.3 is 0 Å². The van der Waals surface area contributed by atoms with Crippen LogP contribution < -0.4 is 10.1 Å². The van der Waals surface area contributed by atoms with Crippen LogP contribution in [0.25, 0.3) is 5.69 Å². The van der Waals surface area contributed by atoms with Crippen molar-refractivity contribution < 1.29 is 14.3 Å². The van der Waals surface area contributed by atoms with Gasteiger partial charge in [0.15, 0.2) is 0 Å². The fourth-order valence-electron chi connectivity index (χ4n) is 3.83. The molecular formula is C23H28N6O3. The molecular weight excluding hydrogens is 408 g/mol. The van der Waals surface area contributed by atoms with E-state index in [-0.39, 0.29) is 11.8 Å². The van der Waals surface area contributed by atoms with Gasteiger partial charge in [0, 0.05) is 76.2 Å². The van der Waals surface area contributed by atoms with Gasteiger partial charge < -0.3 is 19.5 Å². The van der Waals surface area contributed by atoms with Crippen molar-refractivity contribution in [1.29, 1.82) is 0 Å². The molecule has 1 fully saturated rings. The van der Waals surface area contributed by atoms with Crippen LogP contribution >= 0.6 is 0 Å². The molecule has 4 rings (SSSR count).